The van der Waals surface area contributed by atoms with Gasteiger partial charge in [0.1, 0.15) is 11.9 Å². The molecule has 3 aliphatic carbocycles. The summed E-state index contributed by atoms with van der Waals surface area (Å²) in [6.45, 7) is 2.35. The van der Waals surface area contributed by atoms with E-state index in [9.17, 15) is 9.59 Å². The maximum Gasteiger partial charge on any atom is 0.343 e. The van der Waals surface area contributed by atoms with Crippen LogP contribution in [0.3, 0.4) is 0 Å². The topological polar surface area (TPSA) is 52.6 Å². The highest BCUT2D eigenvalue weighted by Crippen LogP contribution is 2.61. The second-order valence-corrected chi connectivity index (χ2v) is 10.9. The molecule has 2 saturated carbocycles. The van der Waals surface area contributed by atoms with Gasteiger partial charge in [0.15, 0.2) is 0 Å². The predicted octanol–water partition coefficient (Wildman–Crippen LogP) is 6.99. The fourth-order valence-electron chi connectivity index (χ4n) is 7.28. The molecule has 0 unspecified atom stereocenters. The number of hydrogen-bond donors (Lipinski definition) is 0. The zero-order chi connectivity index (χ0) is 24.7. The predicted molar refractivity (Wildman–Crippen MR) is 138 cm³/mol. The summed E-state index contributed by atoms with van der Waals surface area (Å²) in [6, 6.07) is 24.7. The first kappa shape index (κ1) is 23.0. The van der Waals surface area contributed by atoms with Crippen molar-refractivity contribution in [1.29, 1.82) is 0 Å². The Bertz CT molecular complexity index is 1270. The molecule has 3 aromatic rings. The molecule has 4 nitrogen and oxygen atoms in total. The smallest absolute Gasteiger partial charge is 0.343 e. The molecular weight excluding hydrogens is 448 g/mol. The van der Waals surface area contributed by atoms with Gasteiger partial charge < -0.3 is 9.47 Å². The third-order valence-electron chi connectivity index (χ3n) is 9.09. The Hall–Kier alpha value is -3.40. The molecule has 4 heteroatoms. The van der Waals surface area contributed by atoms with Gasteiger partial charge in [-0.3, -0.25) is 0 Å². The van der Waals surface area contributed by atoms with E-state index < -0.39 is 0 Å². The van der Waals surface area contributed by atoms with Crippen molar-refractivity contribution >= 4 is 11.9 Å². The van der Waals surface area contributed by atoms with Gasteiger partial charge in [-0.25, -0.2) is 9.59 Å². The third kappa shape index (κ3) is 4.03. The quantitative estimate of drug-likeness (QED) is 0.298. The van der Waals surface area contributed by atoms with Crippen LogP contribution >= 0.6 is 0 Å². The van der Waals surface area contributed by atoms with Gasteiger partial charge in [0.2, 0.25) is 0 Å². The van der Waals surface area contributed by atoms with E-state index in [4.69, 9.17) is 9.47 Å². The number of fused-ring (bicyclic) bond motifs is 5. The van der Waals surface area contributed by atoms with Crippen LogP contribution in [0.1, 0.15) is 76.8 Å². The van der Waals surface area contributed by atoms with Gasteiger partial charge in [-0.05, 0) is 104 Å². The van der Waals surface area contributed by atoms with Crippen molar-refractivity contribution in [3.05, 3.63) is 101 Å². The maximum atomic E-state index is 12.8. The lowest BCUT2D eigenvalue weighted by Gasteiger charge is -2.50. The second-order valence-electron chi connectivity index (χ2n) is 10.9. The average molecular weight is 481 g/mol. The van der Waals surface area contributed by atoms with Crippen LogP contribution in [0.15, 0.2) is 78.9 Å². The Balaban J connectivity index is 1.17. The minimum atomic E-state index is -0.320. The van der Waals surface area contributed by atoms with Crippen LogP contribution in [0, 0.1) is 17.3 Å². The van der Waals surface area contributed by atoms with Crippen LogP contribution in [-0.2, 0) is 11.2 Å². The minimum Gasteiger partial charge on any atom is -0.458 e. The molecule has 5 atom stereocenters. The van der Waals surface area contributed by atoms with E-state index in [-0.39, 0.29) is 23.5 Å². The van der Waals surface area contributed by atoms with Gasteiger partial charge in [-0.2, -0.15) is 0 Å². The van der Waals surface area contributed by atoms with Gasteiger partial charge in [-0.1, -0.05) is 49.4 Å². The number of benzene rings is 3. The Labute approximate surface area is 212 Å². The van der Waals surface area contributed by atoms with E-state index in [0.29, 0.717) is 34.6 Å². The van der Waals surface area contributed by atoms with Crippen LogP contribution < -0.4 is 4.74 Å². The number of ether oxygens (including phenoxy) is 2. The zero-order valence-corrected chi connectivity index (χ0v) is 20.7. The van der Waals surface area contributed by atoms with Gasteiger partial charge in [-0.15, -0.1) is 0 Å². The molecule has 3 aliphatic rings. The molecule has 0 aromatic heterocycles. The van der Waals surface area contributed by atoms with E-state index in [2.05, 4.69) is 19.1 Å². The van der Waals surface area contributed by atoms with Crippen LogP contribution in [0.5, 0.6) is 5.75 Å². The molecule has 2 fully saturated rings. The van der Waals surface area contributed by atoms with Crippen molar-refractivity contribution in [1.82, 2.24) is 0 Å². The van der Waals surface area contributed by atoms with Gasteiger partial charge in [0, 0.05) is 5.41 Å². The van der Waals surface area contributed by atoms with Crippen LogP contribution in [0.25, 0.3) is 0 Å². The van der Waals surface area contributed by atoms with Gasteiger partial charge in [0.05, 0.1) is 11.1 Å². The number of hydrogen-bond acceptors (Lipinski definition) is 4. The highest BCUT2D eigenvalue weighted by Gasteiger charge is 2.56. The Morgan fingerprint density at radius 2 is 1.50 bits per heavy atom. The molecular formula is C32H32O4. The first-order valence-corrected chi connectivity index (χ1v) is 13.2. The number of rotatable bonds is 4. The van der Waals surface area contributed by atoms with E-state index in [1.165, 1.54) is 11.1 Å². The molecule has 0 amide bonds. The highest BCUT2D eigenvalue weighted by molar-refractivity contribution is 5.91. The SMILES string of the molecule is C[C@@]12CC[C@H]3c4ccc(OC(=O)c5ccccc5)cc4CC[C@@H]3[C@@H]1CC[C@@H]2OC(=O)c1ccccc1. The molecule has 0 saturated heterocycles. The number of carbonyl (C=O) groups excluding carboxylic acids is 2. The second kappa shape index (κ2) is 9.24. The maximum absolute atomic E-state index is 12.8. The monoisotopic (exact) mass is 480 g/mol. The Morgan fingerprint density at radius 1 is 0.806 bits per heavy atom. The molecule has 0 heterocycles. The van der Waals surface area contributed by atoms with Crippen LogP contribution in [0.2, 0.25) is 0 Å². The number of esters is 2. The van der Waals surface area contributed by atoms with Crippen molar-refractivity contribution in [3.8, 4) is 5.75 Å². The molecule has 0 bridgehead atoms. The summed E-state index contributed by atoms with van der Waals surface area (Å²) in [5, 5.41) is 0. The largest absolute Gasteiger partial charge is 0.458 e. The fraction of sp³-hybridized carbons (Fsp3) is 0.375. The number of carbonyl (C=O) groups is 2. The molecule has 184 valence electrons. The first-order valence-electron chi connectivity index (χ1n) is 13.2. The van der Waals surface area contributed by atoms with Crippen molar-refractivity contribution in [3.63, 3.8) is 0 Å². The van der Waals surface area contributed by atoms with E-state index in [1.807, 2.05) is 54.6 Å². The van der Waals surface area contributed by atoms with Crippen molar-refractivity contribution in [2.24, 2.45) is 17.3 Å². The fourth-order valence-corrected chi connectivity index (χ4v) is 7.28. The van der Waals surface area contributed by atoms with E-state index in [1.54, 1.807) is 12.1 Å². The van der Waals surface area contributed by atoms with Crippen LogP contribution in [-0.4, -0.2) is 18.0 Å². The first-order chi connectivity index (χ1) is 17.5. The van der Waals surface area contributed by atoms with E-state index >= 15 is 0 Å². The van der Waals surface area contributed by atoms with Gasteiger partial charge in [0.25, 0.3) is 0 Å². The van der Waals surface area contributed by atoms with Crippen molar-refractivity contribution < 1.29 is 19.1 Å². The van der Waals surface area contributed by atoms with Crippen LogP contribution in [0.4, 0.5) is 0 Å². The highest BCUT2D eigenvalue weighted by atomic mass is 16.5. The summed E-state index contributed by atoms with van der Waals surface area (Å²) in [4.78, 5) is 25.3. The normalized spacial score (nSPS) is 28.4. The van der Waals surface area contributed by atoms with Gasteiger partial charge >= 0.3 is 11.9 Å². The summed E-state index contributed by atoms with van der Waals surface area (Å²) in [7, 11) is 0. The molecule has 0 spiro atoms. The summed E-state index contributed by atoms with van der Waals surface area (Å²) in [5.41, 5.74) is 3.95. The average Bonchev–Trinajstić information content (AvgIpc) is 3.25. The zero-order valence-electron chi connectivity index (χ0n) is 20.7. The Kier molecular flexibility index (Phi) is 5.91. The molecule has 6 rings (SSSR count). The molecule has 0 N–H and O–H groups in total. The molecule has 0 aliphatic heterocycles. The number of aryl methyl sites for hydroxylation is 1. The Morgan fingerprint density at radius 3 is 2.22 bits per heavy atom. The standard InChI is InChI=1S/C32H32O4/c1-32-19-18-26-25-15-13-24(35-30(33)21-8-4-2-5-9-21)20-23(25)12-14-27(26)28(32)16-17-29(32)36-31(34)22-10-6-3-7-11-22/h2-11,13,15,20,26-29H,12,14,16-19H2,1H3/t26-,27-,28-,29-,32+/m0/s1. The van der Waals surface area contributed by atoms with Crippen molar-refractivity contribution in [2.45, 2.75) is 57.5 Å². The molecule has 36 heavy (non-hydrogen) atoms. The molecule has 3 aromatic carbocycles. The van der Waals surface area contributed by atoms with E-state index in [0.717, 1.165) is 38.5 Å². The minimum absolute atomic E-state index is 0.0164. The van der Waals surface area contributed by atoms with Crippen molar-refractivity contribution in [2.75, 3.05) is 0 Å². The lowest BCUT2D eigenvalue weighted by atomic mass is 9.55. The third-order valence-corrected chi connectivity index (χ3v) is 9.09. The molecule has 0 radical (unpaired) electrons. The summed E-state index contributed by atoms with van der Waals surface area (Å²) < 4.78 is 11.8. The lowest BCUT2D eigenvalue weighted by molar-refractivity contribution is -0.0427. The lowest BCUT2D eigenvalue weighted by Crippen LogP contribution is -2.45. The summed E-state index contributed by atoms with van der Waals surface area (Å²) in [5.74, 6) is 1.79. The summed E-state index contributed by atoms with van der Waals surface area (Å²) >= 11 is 0. The summed E-state index contributed by atoms with van der Waals surface area (Å²) in [6.07, 6.45) is 6.35.